The summed E-state index contributed by atoms with van der Waals surface area (Å²) in [7, 11) is -0.613. The first-order valence-electron chi connectivity index (χ1n) is 4.22. The van der Waals surface area contributed by atoms with Gasteiger partial charge in [-0.15, -0.1) is 0 Å². The molecule has 0 heterocycles. The number of ether oxygens (including phenoxy) is 1. The highest BCUT2D eigenvalue weighted by Crippen LogP contribution is 2.10. The molecule has 2 N–H and O–H groups in total. The highest BCUT2D eigenvalue weighted by molar-refractivity contribution is 6.59. The Balaban J connectivity index is 3.25. The molecule has 0 unspecified atom stereocenters. The number of rotatable bonds is 2. The van der Waals surface area contributed by atoms with Gasteiger partial charge in [0.1, 0.15) is 5.82 Å². The van der Waals surface area contributed by atoms with Crippen LogP contribution in [0.5, 0.6) is 0 Å². The van der Waals surface area contributed by atoms with Gasteiger partial charge in [-0.1, -0.05) is 5.56 Å². The normalized spacial score (nSPS) is 9.93. The molecule has 0 atom stereocenters. The van der Waals surface area contributed by atoms with E-state index in [1.54, 1.807) is 6.92 Å². The fourth-order valence-electron chi connectivity index (χ4n) is 1.24. The predicted molar refractivity (Wildman–Crippen MR) is 52.3 cm³/mol. The average molecular weight is 212 g/mol. The van der Waals surface area contributed by atoms with E-state index in [-0.39, 0.29) is 11.0 Å². The Morgan fingerprint density at radius 3 is 2.53 bits per heavy atom. The zero-order valence-electron chi connectivity index (χ0n) is 8.32. The number of hydrogen-bond acceptors (Lipinski definition) is 4. The number of methoxy groups -OCH3 is 1. The zero-order chi connectivity index (χ0) is 11.6. The van der Waals surface area contributed by atoms with Crippen molar-refractivity contribution in [2.45, 2.75) is 6.92 Å². The number of carbonyl (C=O) groups excluding carboxylic acids is 1. The van der Waals surface area contributed by atoms with E-state index in [2.05, 4.69) is 4.74 Å². The first-order chi connectivity index (χ1) is 6.97. The fraction of sp³-hybridized carbons (Fsp3) is 0.222. The molecular formula is C9H10BFO4. The van der Waals surface area contributed by atoms with Crippen molar-refractivity contribution in [2.75, 3.05) is 7.11 Å². The largest absolute Gasteiger partial charge is 0.488 e. The third kappa shape index (κ3) is 2.34. The minimum atomic E-state index is -1.76. The van der Waals surface area contributed by atoms with Gasteiger partial charge in [-0.05, 0) is 24.5 Å². The number of hydrogen-bond donors (Lipinski definition) is 2. The van der Waals surface area contributed by atoms with E-state index in [1.165, 1.54) is 6.07 Å². The average Bonchev–Trinajstić information content (AvgIpc) is 2.19. The molecule has 80 valence electrons. The lowest BCUT2D eigenvalue weighted by atomic mass is 9.77. The summed E-state index contributed by atoms with van der Waals surface area (Å²) in [4.78, 5) is 11.1. The highest BCUT2D eigenvalue weighted by atomic mass is 19.1. The maximum Gasteiger partial charge on any atom is 0.488 e. The van der Waals surface area contributed by atoms with Crippen molar-refractivity contribution < 1.29 is 24.0 Å². The van der Waals surface area contributed by atoms with E-state index in [1.807, 2.05) is 0 Å². The molecule has 0 aliphatic heterocycles. The molecule has 1 rings (SSSR count). The third-order valence-corrected chi connectivity index (χ3v) is 2.04. The number of aryl methyl sites for hydroxylation is 1. The van der Waals surface area contributed by atoms with E-state index < -0.39 is 18.9 Å². The molecule has 0 fully saturated rings. The smallest absolute Gasteiger partial charge is 0.465 e. The fourth-order valence-corrected chi connectivity index (χ4v) is 1.24. The molecule has 0 aromatic heterocycles. The van der Waals surface area contributed by atoms with Gasteiger partial charge < -0.3 is 14.8 Å². The molecule has 0 bridgehead atoms. The van der Waals surface area contributed by atoms with Gasteiger partial charge >= 0.3 is 13.1 Å². The summed E-state index contributed by atoms with van der Waals surface area (Å²) in [6.07, 6.45) is 0. The molecule has 15 heavy (non-hydrogen) atoms. The lowest BCUT2D eigenvalue weighted by molar-refractivity contribution is 0.0595. The number of esters is 1. The molecule has 0 aliphatic rings. The Morgan fingerprint density at radius 2 is 2.07 bits per heavy atom. The van der Waals surface area contributed by atoms with Crippen LogP contribution in [-0.4, -0.2) is 30.2 Å². The number of halogens is 1. The predicted octanol–water partition coefficient (Wildman–Crippen LogP) is -0.399. The molecule has 0 amide bonds. The topological polar surface area (TPSA) is 66.8 Å². The summed E-state index contributed by atoms with van der Waals surface area (Å²) in [6, 6.07) is 2.13. The number of carbonyl (C=O) groups is 1. The van der Waals surface area contributed by atoms with Crippen LogP contribution in [0.2, 0.25) is 0 Å². The SMILES string of the molecule is COC(=O)c1cc(C)c(B(O)O)cc1F. The van der Waals surface area contributed by atoms with E-state index in [9.17, 15) is 9.18 Å². The van der Waals surface area contributed by atoms with Crippen molar-refractivity contribution >= 4 is 18.6 Å². The Morgan fingerprint density at radius 1 is 1.47 bits per heavy atom. The highest BCUT2D eigenvalue weighted by Gasteiger charge is 2.20. The van der Waals surface area contributed by atoms with Gasteiger partial charge in [-0.2, -0.15) is 0 Å². The molecule has 0 saturated heterocycles. The van der Waals surface area contributed by atoms with E-state index in [0.29, 0.717) is 5.56 Å². The van der Waals surface area contributed by atoms with Crippen LogP contribution in [0, 0.1) is 12.7 Å². The van der Waals surface area contributed by atoms with Gasteiger partial charge in [0.05, 0.1) is 12.7 Å². The third-order valence-electron chi connectivity index (χ3n) is 2.04. The van der Waals surface area contributed by atoms with Crippen molar-refractivity contribution in [3.63, 3.8) is 0 Å². The van der Waals surface area contributed by atoms with Gasteiger partial charge in [-0.3, -0.25) is 0 Å². The number of benzene rings is 1. The Labute approximate surface area is 86.4 Å². The van der Waals surface area contributed by atoms with Crippen LogP contribution < -0.4 is 5.46 Å². The molecule has 0 radical (unpaired) electrons. The molecular weight excluding hydrogens is 202 g/mol. The lowest BCUT2D eigenvalue weighted by Crippen LogP contribution is -2.33. The summed E-state index contributed by atoms with van der Waals surface area (Å²) < 4.78 is 17.7. The first kappa shape index (κ1) is 11.7. The molecule has 0 spiro atoms. The van der Waals surface area contributed by atoms with Crippen molar-refractivity contribution in [3.8, 4) is 0 Å². The molecule has 1 aromatic rings. The second-order valence-corrected chi connectivity index (χ2v) is 3.05. The van der Waals surface area contributed by atoms with Crippen LogP contribution >= 0.6 is 0 Å². The van der Waals surface area contributed by atoms with E-state index in [4.69, 9.17) is 10.0 Å². The maximum atomic E-state index is 13.3. The van der Waals surface area contributed by atoms with Crippen LogP contribution in [0.3, 0.4) is 0 Å². The summed E-state index contributed by atoms with van der Waals surface area (Å²) in [5, 5.41) is 17.8. The standard InChI is InChI=1S/C9H10BFO4/c1-5-3-6(9(12)15-2)8(11)4-7(5)10(13)14/h3-4,13-14H,1-2H3. The van der Waals surface area contributed by atoms with Crippen LogP contribution in [0.1, 0.15) is 15.9 Å². The van der Waals surface area contributed by atoms with Crippen molar-refractivity contribution in [1.29, 1.82) is 0 Å². The summed E-state index contributed by atoms with van der Waals surface area (Å²) >= 11 is 0. The van der Waals surface area contributed by atoms with Crippen LogP contribution in [0.15, 0.2) is 12.1 Å². The van der Waals surface area contributed by atoms with E-state index in [0.717, 1.165) is 13.2 Å². The quantitative estimate of drug-likeness (QED) is 0.517. The molecule has 0 aliphatic carbocycles. The van der Waals surface area contributed by atoms with Crippen molar-refractivity contribution in [1.82, 2.24) is 0 Å². The Kier molecular flexibility index (Phi) is 3.44. The first-order valence-corrected chi connectivity index (χ1v) is 4.22. The molecule has 0 saturated carbocycles. The van der Waals surface area contributed by atoms with Crippen LogP contribution in [0.25, 0.3) is 0 Å². The van der Waals surface area contributed by atoms with Gasteiger partial charge in [-0.25, -0.2) is 9.18 Å². The molecule has 4 nitrogen and oxygen atoms in total. The minimum absolute atomic E-state index is 0.0279. The van der Waals surface area contributed by atoms with Gasteiger partial charge in [0.15, 0.2) is 0 Å². The lowest BCUT2D eigenvalue weighted by Gasteiger charge is -2.07. The molecule has 6 heteroatoms. The monoisotopic (exact) mass is 212 g/mol. The second kappa shape index (κ2) is 4.42. The summed E-state index contributed by atoms with van der Waals surface area (Å²) in [5.74, 6) is -1.63. The zero-order valence-corrected chi connectivity index (χ0v) is 8.32. The maximum absolute atomic E-state index is 13.3. The van der Waals surface area contributed by atoms with Gasteiger partial charge in [0, 0.05) is 0 Å². The van der Waals surface area contributed by atoms with Crippen LogP contribution in [-0.2, 0) is 4.74 Å². The van der Waals surface area contributed by atoms with Crippen molar-refractivity contribution in [2.24, 2.45) is 0 Å². The van der Waals surface area contributed by atoms with E-state index >= 15 is 0 Å². The Hall–Kier alpha value is -1.40. The molecule has 1 aromatic carbocycles. The minimum Gasteiger partial charge on any atom is -0.465 e. The summed E-state index contributed by atoms with van der Waals surface area (Å²) in [6.45, 7) is 1.54. The van der Waals surface area contributed by atoms with Gasteiger partial charge in [0.2, 0.25) is 0 Å². The van der Waals surface area contributed by atoms with Crippen molar-refractivity contribution in [3.05, 3.63) is 29.1 Å². The summed E-state index contributed by atoms with van der Waals surface area (Å²) in [5.41, 5.74) is 0.214. The Bertz CT molecular complexity index is 392. The second-order valence-electron chi connectivity index (χ2n) is 3.05. The van der Waals surface area contributed by atoms with Gasteiger partial charge in [0.25, 0.3) is 0 Å². The van der Waals surface area contributed by atoms with Crippen LogP contribution in [0.4, 0.5) is 4.39 Å².